The van der Waals surface area contributed by atoms with E-state index >= 15 is 0 Å². The van der Waals surface area contributed by atoms with Crippen LogP contribution >= 0.6 is 0 Å². The van der Waals surface area contributed by atoms with Crippen LogP contribution in [0.1, 0.15) is 0 Å². The van der Waals surface area contributed by atoms with Crippen molar-refractivity contribution in [3.05, 3.63) is 0 Å². The van der Waals surface area contributed by atoms with Crippen molar-refractivity contribution in [3.8, 4) is 0 Å². The average Bonchev–Trinajstić information content (AvgIpc) is 0.722. The van der Waals surface area contributed by atoms with Gasteiger partial charge in [0, 0.05) is 0 Å². The van der Waals surface area contributed by atoms with Gasteiger partial charge in [0.2, 0.25) is 0 Å². The maximum atomic E-state index is 8.49. The zero-order valence-electron chi connectivity index (χ0n) is 8.34. The predicted molar refractivity (Wildman–Crippen MR) is 35.9 cm³/mol. The summed E-state index contributed by atoms with van der Waals surface area (Å²) in [5.41, 5.74) is 0. The monoisotopic (exact) mass is 266 g/mol. The number of hydrogen-bond donors (Lipinski definition) is 6. The number of quaternary nitrogens is 6. The molecule has 0 aliphatic rings. The fraction of sp³-hybridized carbons (Fsp3) is 0. The van der Waals surface area contributed by atoms with Crippen molar-refractivity contribution in [1.29, 1.82) is 0 Å². The molecule has 0 rings (SSSR count). The Hall–Kier alpha value is 0.396. The van der Waals surface area contributed by atoms with Gasteiger partial charge in [-0.05, 0) is 0 Å². The van der Waals surface area contributed by atoms with Gasteiger partial charge in [0.05, 0.1) is 0 Å². The van der Waals surface area contributed by atoms with Crippen LogP contribution in [0.4, 0.5) is 0 Å². The third-order valence-corrected chi connectivity index (χ3v) is 0. The molecule has 0 aliphatic carbocycles. The number of hydrogen-bond acceptors (Lipinski definition) is 4. The van der Waals surface area contributed by atoms with E-state index in [2.05, 4.69) is 0 Å². The molecule has 0 saturated carbocycles. The minimum atomic E-state index is -4.94. The molecule has 24 N–H and O–H groups in total. The predicted octanol–water partition coefficient (Wildman–Crippen LogP) is -2.50. The summed E-state index contributed by atoms with van der Waals surface area (Å²) in [5, 5.41) is 0. The zero-order chi connectivity index (χ0) is 4.50. The second kappa shape index (κ2) is 30.1. The Morgan fingerprint density at radius 2 is 0.500 bits per heavy atom. The molecule has 0 bridgehead atoms. The van der Waals surface area contributed by atoms with Gasteiger partial charge in [0.25, 0.3) is 0 Å². The molecule has 0 aromatic rings. The summed E-state index contributed by atoms with van der Waals surface area (Å²) >= 11 is 0. The van der Waals surface area contributed by atoms with Gasteiger partial charge in [-0.3, -0.25) is 0 Å². The average molecular weight is 267 g/mol. The van der Waals surface area contributed by atoms with E-state index in [1.54, 1.807) is 0 Å². The Morgan fingerprint density at radius 3 is 0.500 bits per heavy atom. The van der Waals surface area contributed by atoms with E-state index in [0.717, 1.165) is 0 Å². The van der Waals surface area contributed by atoms with Crippen LogP contribution < -0.4 is 55.5 Å². The smallest absolute Gasteiger partial charge is 0.369 e. The van der Waals surface area contributed by atoms with Crippen LogP contribution in [0.5, 0.6) is 0 Å². The van der Waals surface area contributed by atoms with Gasteiger partial charge in [0.1, 0.15) is 0 Å². The molecule has 0 aliphatic heterocycles. The minimum Gasteiger partial charge on any atom is -0.369 e. The third kappa shape index (κ3) is 5840. The van der Waals surface area contributed by atoms with E-state index in [1.807, 2.05) is 0 Å². The summed E-state index contributed by atoms with van der Waals surface area (Å²) in [4.78, 5) is 0. The van der Waals surface area contributed by atoms with Crippen molar-refractivity contribution >= 4 is 0 Å². The maximum Gasteiger partial charge on any atom is 2.00 e. The Bertz CT molecular complexity index is 35.0. The number of halogens is 1. The van der Waals surface area contributed by atoms with Crippen molar-refractivity contribution in [2.45, 2.75) is 0 Å². The van der Waals surface area contributed by atoms with E-state index < -0.39 is 10.2 Å². The largest absolute Gasteiger partial charge is 2.00 e. The molecule has 1 radical (unpaired) electrons. The molecule has 0 aromatic carbocycles. The summed E-state index contributed by atoms with van der Waals surface area (Å²) in [6.07, 6.45) is 0. The Balaban J connectivity index is -0.00000000381. The summed E-state index contributed by atoms with van der Waals surface area (Å²) < 4.78 is 34.0. The van der Waals surface area contributed by atoms with Gasteiger partial charge in [-0.2, -0.15) is 0 Å². The molecule has 0 unspecified atom stereocenters. The fourth-order valence-corrected chi connectivity index (χ4v) is 0. The molecule has 12 heteroatoms. The minimum absolute atomic E-state index is 0. The van der Waals surface area contributed by atoms with Crippen molar-refractivity contribution < 1.29 is 45.7 Å². The standard InChI is InChI=1S/ClHO4.Co.6H3N/c2-1(3,4)5;;;;;;;/h(H,2,3,4,5);;6*1H3/q;+2;;;;;;/p+5. The number of rotatable bonds is 0. The van der Waals surface area contributed by atoms with Gasteiger partial charge in [0.15, 0.2) is 0 Å². The van der Waals surface area contributed by atoms with Gasteiger partial charge in [-0.15, -0.1) is 10.2 Å². The summed E-state index contributed by atoms with van der Waals surface area (Å²) in [5.74, 6) is 0. The summed E-state index contributed by atoms with van der Waals surface area (Å²) in [6.45, 7) is 0. The molecule has 0 heterocycles. The van der Waals surface area contributed by atoms with Crippen molar-refractivity contribution in [2.24, 2.45) is 0 Å². The quantitative estimate of drug-likeness (QED) is 0.276. The van der Waals surface area contributed by atoms with Crippen LogP contribution in [-0.4, -0.2) is 0 Å². The Morgan fingerprint density at radius 1 is 0.500 bits per heavy atom. The molecule has 0 atom stereocenters. The molecule has 0 aromatic heterocycles. The third-order valence-electron chi connectivity index (χ3n) is 0. The van der Waals surface area contributed by atoms with E-state index in [4.69, 9.17) is 18.6 Å². The zero-order valence-corrected chi connectivity index (χ0v) is 10.1. The van der Waals surface area contributed by atoms with Crippen molar-refractivity contribution in [2.75, 3.05) is 0 Å². The molecular weight excluding hydrogens is 242 g/mol. The molecule has 0 spiro atoms. The van der Waals surface area contributed by atoms with E-state index in [9.17, 15) is 0 Å². The first-order valence-corrected chi connectivity index (χ1v) is 1.85. The van der Waals surface area contributed by atoms with E-state index in [-0.39, 0.29) is 53.7 Å². The molecular formula is H24ClCoN6O4+7. The van der Waals surface area contributed by atoms with Gasteiger partial charge < -0.3 is 36.9 Å². The molecule has 87 valence electrons. The summed E-state index contributed by atoms with van der Waals surface area (Å²) in [6, 6.07) is 0. The molecule has 0 fully saturated rings. The van der Waals surface area contributed by atoms with E-state index in [1.165, 1.54) is 0 Å². The topological polar surface area (TPSA) is 311 Å². The van der Waals surface area contributed by atoms with Crippen LogP contribution in [0.2, 0.25) is 0 Å². The molecule has 10 nitrogen and oxygen atoms in total. The molecule has 0 saturated heterocycles. The van der Waals surface area contributed by atoms with Gasteiger partial charge >= 0.3 is 16.8 Å². The first kappa shape index (κ1) is 83.3. The second-order valence-corrected chi connectivity index (χ2v) is 1.13. The van der Waals surface area contributed by atoms with Crippen LogP contribution in [0.3, 0.4) is 0 Å². The molecule has 12 heavy (non-hydrogen) atoms. The van der Waals surface area contributed by atoms with Crippen molar-refractivity contribution in [1.82, 2.24) is 36.9 Å². The first-order chi connectivity index (χ1) is 2.00. The van der Waals surface area contributed by atoms with Crippen LogP contribution in [-0.2, 0) is 16.8 Å². The maximum absolute atomic E-state index is 8.49. The first-order valence-electron chi connectivity index (χ1n) is 0.617. The normalized spacial score (nSPS) is 5.00. The Kier molecular flexibility index (Phi) is 209. The SMILES string of the molecule is [Co+2].[NH4+].[NH4+].[NH4+].[NH4+].[NH4+].[NH4+].[O-][Cl+3]([O-])([O-])[O-]. The van der Waals surface area contributed by atoms with Crippen LogP contribution in [0.25, 0.3) is 0 Å². The van der Waals surface area contributed by atoms with Gasteiger partial charge in [-0.25, -0.2) is 18.6 Å². The van der Waals surface area contributed by atoms with Crippen LogP contribution in [0.15, 0.2) is 0 Å². The van der Waals surface area contributed by atoms with Gasteiger partial charge in [-0.1, -0.05) is 0 Å². The van der Waals surface area contributed by atoms with E-state index in [0.29, 0.717) is 0 Å². The second-order valence-electron chi connectivity index (χ2n) is 0.378. The van der Waals surface area contributed by atoms with Crippen molar-refractivity contribution in [3.63, 3.8) is 0 Å². The Labute approximate surface area is 83.1 Å². The molecule has 0 amide bonds. The fourth-order valence-electron chi connectivity index (χ4n) is 0. The summed E-state index contributed by atoms with van der Waals surface area (Å²) in [7, 11) is -4.94. The van der Waals surface area contributed by atoms with Crippen LogP contribution in [0, 0.1) is 10.2 Å².